The fourth-order valence-electron chi connectivity index (χ4n) is 2.93. The average molecular weight is 230 g/mol. The van der Waals surface area contributed by atoms with E-state index in [4.69, 9.17) is 0 Å². The topological polar surface area (TPSA) is 15.3 Å². The molecule has 2 heteroatoms. The molecule has 92 valence electrons. The molecule has 17 heavy (non-hydrogen) atoms. The first-order valence-electron chi connectivity index (χ1n) is 6.84. The van der Waals surface area contributed by atoms with E-state index in [-0.39, 0.29) is 0 Å². The van der Waals surface area contributed by atoms with Gasteiger partial charge in [-0.1, -0.05) is 25.5 Å². The van der Waals surface area contributed by atoms with Crippen molar-refractivity contribution >= 4 is 5.69 Å². The molecule has 2 atom stereocenters. The SMILES string of the molecule is CCC1CC1NCc1ccc2c(c1)CCN2C. The van der Waals surface area contributed by atoms with Crippen LogP contribution in [0.15, 0.2) is 18.2 Å². The molecule has 2 unspecified atom stereocenters. The van der Waals surface area contributed by atoms with Crippen LogP contribution in [0.2, 0.25) is 0 Å². The highest BCUT2D eigenvalue weighted by molar-refractivity contribution is 5.58. The molecular formula is C15H22N2. The van der Waals surface area contributed by atoms with Crippen molar-refractivity contribution in [3.8, 4) is 0 Å². The first-order chi connectivity index (χ1) is 8.28. The fourth-order valence-corrected chi connectivity index (χ4v) is 2.93. The van der Waals surface area contributed by atoms with Crippen LogP contribution in [0, 0.1) is 5.92 Å². The average Bonchev–Trinajstić information content (AvgIpc) is 3.03. The van der Waals surface area contributed by atoms with E-state index < -0.39 is 0 Å². The van der Waals surface area contributed by atoms with E-state index in [0.717, 1.165) is 18.5 Å². The van der Waals surface area contributed by atoms with Crippen LogP contribution in [0.1, 0.15) is 30.9 Å². The van der Waals surface area contributed by atoms with Gasteiger partial charge in [-0.2, -0.15) is 0 Å². The molecule has 1 fully saturated rings. The number of fused-ring (bicyclic) bond motifs is 1. The lowest BCUT2D eigenvalue weighted by atomic mass is 10.1. The van der Waals surface area contributed by atoms with Gasteiger partial charge in [0.15, 0.2) is 0 Å². The summed E-state index contributed by atoms with van der Waals surface area (Å²) in [5.41, 5.74) is 4.39. The molecule has 0 saturated heterocycles. The van der Waals surface area contributed by atoms with Crippen molar-refractivity contribution in [2.24, 2.45) is 5.92 Å². The normalized spacial score (nSPS) is 26.1. The van der Waals surface area contributed by atoms with E-state index >= 15 is 0 Å². The third-order valence-corrected chi connectivity index (χ3v) is 4.29. The lowest BCUT2D eigenvalue weighted by molar-refractivity contribution is 0.623. The van der Waals surface area contributed by atoms with Crippen LogP contribution in [-0.4, -0.2) is 19.6 Å². The standard InChI is InChI=1S/C15H22N2/c1-3-12-9-14(12)16-10-11-4-5-15-13(8-11)6-7-17(15)2/h4-5,8,12,14,16H,3,6-7,9-10H2,1-2H3. The van der Waals surface area contributed by atoms with E-state index in [9.17, 15) is 0 Å². The first-order valence-corrected chi connectivity index (χ1v) is 6.84. The van der Waals surface area contributed by atoms with E-state index in [1.54, 1.807) is 0 Å². The van der Waals surface area contributed by atoms with Crippen LogP contribution in [0.5, 0.6) is 0 Å². The maximum absolute atomic E-state index is 3.66. The summed E-state index contributed by atoms with van der Waals surface area (Å²) in [4.78, 5) is 2.35. The number of anilines is 1. The van der Waals surface area contributed by atoms with Gasteiger partial charge >= 0.3 is 0 Å². The van der Waals surface area contributed by atoms with E-state index in [1.807, 2.05) is 0 Å². The number of nitrogens with one attached hydrogen (secondary N) is 1. The highest BCUT2D eigenvalue weighted by Crippen LogP contribution is 2.33. The zero-order valence-electron chi connectivity index (χ0n) is 10.9. The van der Waals surface area contributed by atoms with Crippen molar-refractivity contribution in [3.63, 3.8) is 0 Å². The zero-order chi connectivity index (χ0) is 11.8. The molecule has 1 saturated carbocycles. The van der Waals surface area contributed by atoms with E-state index in [2.05, 4.69) is 42.4 Å². The number of likely N-dealkylation sites (N-methyl/N-ethyl adjacent to an activating group) is 1. The van der Waals surface area contributed by atoms with Crippen LogP contribution in [0.25, 0.3) is 0 Å². The summed E-state index contributed by atoms with van der Waals surface area (Å²) >= 11 is 0. The second-order valence-corrected chi connectivity index (χ2v) is 5.53. The molecule has 1 N–H and O–H groups in total. The predicted molar refractivity (Wildman–Crippen MR) is 72.4 cm³/mol. The predicted octanol–water partition coefficient (Wildman–Crippen LogP) is 2.57. The minimum absolute atomic E-state index is 0.788. The molecule has 2 nitrogen and oxygen atoms in total. The van der Waals surface area contributed by atoms with Crippen molar-refractivity contribution in [2.45, 2.75) is 38.8 Å². The molecular weight excluding hydrogens is 208 g/mol. The van der Waals surface area contributed by atoms with Crippen molar-refractivity contribution in [2.75, 3.05) is 18.5 Å². The lowest BCUT2D eigenvalue weighted by Crippen LogP contribution is -2.17. The van der Waals surface area contributed by atoms with Crippen molar-refractivity contribution in [1.82, 2.24) is 5.32 Å². The second-order valence-electron chi connectivity index (χ2n) is 5.53. The fraction of sp³-hybridized carbons (Fsp3) is 0.600. The highest BCUT2D eigenvalue weighted by atomic mass is 15.1. The summed E-state index contributed by atoms with van der Waals surface area (Å²) in [6, 6.07) is 7.73. The molecule has 0 spiro atoms. The van der Waals surface area contributed by atoms with Crippen LogP contribution in [0.3, 0.4) is 0 Å². The Balaban J connectivity index is 1.61. The van der Waals surface area contributed by atoms with Crippen molar-refractivity contribution in [3.05, 3.63) is 29.3 Å². The summed E-state index contributed by atoms with van der Waals surface area (Å²) in [7, 11) is 2.18. The van der Waals surface area contributed by atoms with Gasteiger partial charge in [0.25, 0.3) is 0 Å². The number of rotatable bonds is 4. The minimum Gasteiger partial charge on any atom is -0.374 e. The quantitative estimate of drug-likeness (QED) is 0.855. The maximum atomic E-state index is 3.66. The number of nitrogens with zero attached hydrogens (tertiary/aromatic N) is 1. The van der Waals surface area contributed by atoms with Gasteiger partial charge < -0.3 is 10.2 Å². The van der Waals surface area contributed by atoms with Gasteiger partial charge in [-0.25, -0.2) is 0 Å². The Morgan fingerprint density at radius 2 is 2.29 bits per heavy atom. The minimum atomic E-state index is 0.788. The van der Waals surface area contributed by atoms with Gasteiger partial charge in [-0.3, -0.25) is 0 Å². The van der Waals surface area contributed by atoms with Gasteiger partial charge in [0, 0.05) is 31.9 Å². The molecule has 1 heterocycles. The second kappa shape index (κ2) is 4.34. The Kier molecular flexibility index (Phi) is 2.83. The van der Waals surface area contributed by atoms with Gasteiger partial charge in [-0.05, 0) is 36.0 Å². The van der Waals surface area contributed by atoms with Crippen LogP contribution >= 0.6 is 0 Å². The highest BCUT2D eigenvalue weighted by Gasteiger charge is 2.34. The first kappa shape index (κ1) is 11.1. The largest absolute Gasteiger partial charge is 0.374 e. The molecule has 0 radical (unpaired) electrons. The Hall–Kier alpha value is -1.02. The monoisotopic (exact) mass is 230 g/mol. The molecule has 0 amide bonds. The molecule has 3 rings (SSSR count). The number of hydrogen-bond acceptors (Lipinski definition) is 2. The van der Waals surface area contributed by atoms with Gasteiger partial charge in [-0.15, -0.1) is 0 Å². The van der Waals surface area contributed by atoms with Gasteiger partial charge in [0.05, 0.1) is 0 Å². The van der Waals surface area contributed by atoms with Crippen molar-refractivity contribution < 1.29 is 0 Å². The van der Waals surface area contributed by atoms with Crippen molar-refractivity contribution in [1.29, 1.82) is 0 Å². The molecule has 0 bridgehead atoms. The molecule has 1 aliphatic carbocycles. The van der Waals surface area contributed by atoms with Gasteiger partial charge in [0.1, 0.15) is 0 Å². The van der Waals surface area contributed by atoms with Crippen LogP contribution < -0.4 is 10.2 Å². The number of benzene rings is 1. The lowest BCUT2D eigenvalue weighted by Gasteiger charge is -2.12. The smallest absolute Gasteiger partial charge is 0.0397 e. The Morgan fingerprint density at radius 1 is 1.41 bits per heavy atom. The van der Waals surface area contributed by atoms with Crippen LogP contribution in [-0.2, 0) is 13.0 Å². The Labute approximate surface area is 104 Å². The summed E-state index contributed by atoms with van der Waals surface area (Å²) in [5, 5.41) is 3.66. The van der Waals surface area contributed by atoms with E-state index in [1.165, 1.54) is 42.6 Å². The molecule has 1 aromatic rings. The third kappa shape index (κ3) is 2.19. The Morgan fingerprint density at radius 3 is 3.06 bits per heavy atom. The summed E-state index contributed by atoms with van der Waals surface area (Å²) in [6.45, 7) is 4.50. The molecule has 2 aliphatic rings. The molecule has 1 aromatic carbocycles. The number of hydrogen-bond donors (Lipinski definition) is 1. The summed E-state index contributed by atoms with van der Waals surface area (Å²) in [5.74, 6) is 0.940. The summed E-state index contributed by atoms with van der Waals surface area (Å²) in [6.07, 6.45) is 3.91. The van der Waals surface area contributed by atoms with Gasteiger partial charge in [0.2, 0.25) is 0 Å². The van der Waals surface area contributed by atoms with Crippen LogP contribution in [0.4, 0.5) is 5.69 Å². The molecule has 0 aromatic heterocycles. The third-order valence-electron chi connectivity index (χ3n) is 4.29. The zero-order valence-corrected chi connectivity index (χ0v) is 10.9. The van der Waals surface area contributed by atoms with E-state index in [0.29, 0.717) is 0 Å². The summed E-state index contributed by atoms with van der Waals surface area (Å²) < 4.78 is 0. The Bertz CT molecular complexity index is 413. The maximum Gasteiger partial charge on any atom is 0.0397 e. The molecule has 1 aliphatic heterocycles.